The van der Waals surface area contributed by atoms with Crippen LogP contribution in [0.3, 0.4) is 0 Å². The molecule has 0 saturated heterocycles. The summed E-state index contributed by atoms with van der Waals surface area (Å²) in [5.74, 6) is 3.89. The van der Waals surface area contributed by atoms with Crippen molar-refractivity contribution in [3.8, 4) is 0 Å². The van der Waals surface area contributed by atoms with E-state index in [1.807, 2.05) is 0 Å². The van der Waals surface area contributed by atoms with Crippen molar-refractivity contribution in [2.75, 3.05) is 6.61 Å². The van der Waals surface area contributed by atoms with Crippen LogP contribution in [-0.2, 0) is 4.74 Å². The van der Waals surface area contributed by atoms with E-state index >= 15 is 0 Å². The molecule has 0 heterocycles. The van der Waals surface area contributed by atoms with E-state index in [0.717, 1.165) is 30.3 Å². The molecule has 1 heteroatoms. The van der Waals surface area contributed by atoms with Crippen molar-refractivity contribution in [1.29, 1.82) is 0 Å². The Morgan fingerprint density at radius 3 is 2.19 bits per heavy atom. The molecular formula is C20H38O. The number of rotatable bonds is 7. The third kappa shape index (κ3) is 5.27. The van der Waals surface area contributed by atoms with Gasteiger partial charge in [-0.2, -0.15) is 0 Å². The molecule has 2 fully saturated rings. The van der Waals surface area contributed by atoms with Crippen molar-refractivity contribution in [1.82, 2.24) is 0 Å². The molecule has 3 atom stereocenters. The lowest BCUT2D eigenvalue weighted by Crippen LogP contribution is -2.34. The molecule has 0 amide bonds. The molecule has 21 heavy (non-hydrogen) atoms. The maximum absolute atomic E-state index is 5.90. The van der Waals surface area contributed by atoms with Crippen LogP contribution in [0, 0.1) is 23.7 Å². The molecule has 2 saturated carbocycles. The normalized spacial score (nSPS) is 37.6. The average Bonchev–Trinajstić information content (AvgIpc) is 2.50. The van der Waals surface area contributed by atoms with E-state index in [1.54, 1.807) is 0 Å². The largest absolute Gasteiger partial charge is 0.378 e. The lowest BCUT2D eigenvalue weighted by molar-refractivity contribution is -0.0223. The van der Waals surface area contributed by atoms with Crippen molar-refractivity contribution >= 4 is 0 Å². The second-order valence-electron chi connectivity index (χ2n) is 7.82. The Hall–Kier alpha value is -0.0400. The Balaban J connectivity index is 1.68. The zero-order valence-electron chi connectivity index (χ0n) is 14.8. The van der Waals surface area contributed by atoms with E-state index in [0.29, 0.717) is 6.10 Å². The van der Waals surface area contributed by atoms with E-state index in [4.69, 9.17) is 4.74 Å². The van der Waals surface area contributed by atoms with Gasteiger partial charge in [0.2, 0.25) is 0 Å². The van der Waals surface area contributed by atoms with Crippen LogP contribution in [0.4, 0.5) is 0 Å². The Labute approximate surface area is 133 Å². The third-order valence-electron chi connectivity index (χ3n) is 6.29. The SMILES string of the molecule is CCCCCC1CCC(C2CC[C@@H](OCC)[C@H](C)C2)CC1. The molecule has 2 aliphatic rings. The van der Waals surface area contributed by atoms with Crippen LogP contribution >= 0.6 is 0 Å². The molecule has 0 spiro atoms. The smallest absolute Gasteiger partial charge is 0.0600 e. The zero-order valence-corrected chi connectivity index (χ0v) is 14.8. The van der Waals surface area contributed by atoms with Gasteiger partial charge in [-0.15, -0.1) is 0 Å². The summed E-state index contributed by atoms with van der Waals surface area (Å²) in [6.07, 6.45) is 16.6. The molecule has 0 aromatic rings. The predicted octanol–water partition coefficient (Wildman–Crippen LogP) is 6.21. The molecule has 0 bridgehead atoms. The third-order valence-corrected chi connectivity index (χ3v) is 6.29. The molecule has 1 nitrogen and oxygen atoms in total. The highest BCUT2D eigenvalue weighted by molar-refractivity contribution is 4.85. The first kappa shape index (κ1) is 17.3. The van der Waals surface area contributed by atoms with Gasteiger partial charge in [-0.05, 0) is 62.7 Å². The average molecular weight is 295 g/mol. The molecule has 0 radical (unpaired) electrons. The summed E-state index contributed by atoms with van der Waals surface area (Å²) in [6.45, 7) is 7.76. The van der Waals surface area contributed by atoms with Gasteiger partial charge in [-0.1, -0.05) is 52.4 Å². The molecule has 2 aliphatic carbocycles. The van der Waals surface area contributed by atoms with E-state index in [-0.39, 0.29) is 0 Å². The molecule has 1 unspecified atom stereocenters. The van der Waals surface area contributed by atoms with Gasteiger partial charge in [0.05, 0.1) is 6.10 Å². The van der Waals surface area contributed by atoms with Gasteiger partial charge < -0.3 is 4.74 Å². The van der Waals surface area contributed by atoms with Gasteiger partial charge >= 0.3 is 0 Å². The van der Waals surface area contributed by atoms with Gasteiger partial charge in [-0.3, -0.25) is 0 Å². The van der Waals surface area contributed by atoms with Crippen LogP contribution in [-0.4, -0.2) is 12.7 Å². The lowest BCUT2D eigenvalue weighted by atomic mass is 9.68. The highest BCUT2D eigenvalue weighted by atomic mass is 16.5. The molecule has 2 rings (SSSR count). The van der Waals surface area contributed by atoms with Gasteiger partial charge in [0.25, 0.3) is 0 Å². The summed E-state index contributed by atoms with van der Waals surface area (Å²) in [7, 11) is 0. The van der Waals surface area contributed by atoms with E-state index < -0.39 is 0 Å². The van der Waals surface area contributed by atoms with Gasteiger partial charge in [-0.25, -0.2) is 0 Å². The predicted molar refractivity (Wildman–Crippen MR) is 91.5 cm³/mol. The van der Waals surface area contributed by atoms with Gasteiger partial charge in [0.15, 0.2) is 0 Å². The molecule has 0 aliphatic heterocycles. The summed E-state index contributed by atoms with van der Waals surface area (Å²) in [5.41, 5.74) is 0. The number of ether oxygens (including phenoxy) is 1. The maximum Gasteiger partial charge on any atom is 0.0600 e. The van der Waals surface area contributed by atoms with E-state index in [9.17, 15) is 0 Å². The standard InChI is InChI=1S/C20H38O/c1-4-6-7-8-17-9-11-18(12-10-17)19-13-14-20(21-5-2)16(3)15-19/h16-20H,4-15H2,1-3H3/t16-,17?,18?,19?,20-/m1/s1. The van der Waals surface area contributed by atoms with Crippen LogP contribution in [0.15, 0.2) is 0 Å². The Morgan fingerprint density at radius 2 is 1.57 bits per heavy atom. The van der Waals surface area contributed by atoms with E-state index in [1.165, 1.54) is 70.6 Å². The Bertz CT molecular complexity index is 267. The number of hydrogen-bond acceptors (Lipinski definition) is 1. The van der Waals surface area contributed by atoms with Crippen LogP contribution in [0.25, 0.3) is 0 Å². The second-order valence-corrected chi connectivity index (χ2v) is 7.82. The van der Waals surface area contributed by atoms with Crippen molar-refractivity contribution in [3.05, 3.63) is 0 Å². The summed E-state index contributed by atoms with van der Waals surface area (Å²) in [6, 6.07) is 0. The fraction of sp³-hybridized carbons (Fsp3) is 1.00. The monoisotopic (exact) mass is 294 g/mol. The minimum atomic E-state index is 0.552. The highest BCUT2D eigenvalue weighted by Gasteiger charge is 2.34. The summed E-state index contributed by atoms with van der Waals surface area (Å²) in [5, 5.41) is 0. The molecule has 0 aromatic carbocycles. The van der Waals surface area contributed by atoms with Crippen LogP contribution < -0.4 is 0 Å². The first-order chi connectivity index (χ1) is 10.2. The van der Waals surface area contributed by atoms with Crippen LogP contribution in [0.5, 0.6) is 0 Å². The molecule has 0 aromatic heterocycles. The summed E-state index contributed by atoms with van der Waals surface area (Å²) in [4.78, 5) is 0. The Morgan fingerprint density at radius 1 is 0.857 bits per heavy atom. The van der Waals surface area contributed by atoms with Crippen molar-refractivity contribution < 1.29 is 4.74 Å². The minimum Gasteiger partial charge on any atom is -0.378 e. The highest BCUT2D eigenvalue weighted by Crippen LogP contribution is 2.43. The fourth-order valence-corrected chi connectivity index (χ4v) is 4.93. The molecular weight excluding hydrogens is 256 g/mol. The van der Waals surface area contributed by atoms with Crippen LogP contribution in [0.1, 0.15) is 91.4 Å². The van der Waals surface area contributed by atoms with Gasteiger partial charge in [0.1, 0.15) is 0 Å². The summed E-state index contributed by atoms with van der Waals surface area (Å²) < 4.78 is 5.90. The first-order valence-corrected chi connectivity index (χ1v) is 9.86. The minimum absolute atomic E-state index is 0.552. The number of unbranched alkanes of at least 4 members (excludes halogenated alkanes) is 2. The number of hydrogen-bond donors (Lipinski definition) is 0. The van der Waals surface area contributed by atoms with E-state index in [2.05, 4.69) is 20.8 Å². The maximum atomic E-state index is 5.90. The van der Waals surface area contributed by atoms with Crippen LogP contribution in [0.2, 0.25) is 0 Å². The summed E-state index contributed by atoms with van der Waals surface area (Å²) >= 11 is 0. The van der Waals surface area contributed by atoms with Crippen molar-refractivity contribution in [2.24, 2.45) is 23.7 Å². The lowest BCUT2D eigenvalue weighted by Gasteiger charge is -2.40. The van der Waals surface area contributed by atoms with Crippen molar-refractivity contribution in [3.63, 3.8) is 0 Å². The second kappa shape index (κ2) is 9.18. The Kier molecular flexibility index (Phi) is 7.57. The zero-order chi connectivity index (χ0) is 15.1. The van der Waals surface area contributed by atoms with Crippen molar-refractivity contribution in [2.45, 2.75) is 97.5 Å². The van der Waals surface area contributed by atoms with Gasteiger partial charge in [0, 0.05) is 6.61 Å². The topological polar surface area (TPSA) is 9.23 Å². The molecule has 0 N–H and O–H groups in total. The first-order valence-electron chi connectivity index (χ1n) is 9.86. The quantitative estimate of drug-likeness (QED) is 0.507. The fourth-order valence-electron chi connectivity index (χ4n) is 4.93. The molecule has 124 valence electrons.